The summed E-state index contributed by atoms with van der Waals surface area (Å²) >= 11 is 0. The van der Waals surface area contributed by atoms with E-state index >= 15 is 0 Å². The summed E-state index contributed by atoms with van der Waals surface area (Å²) < 4.78 is 21.1. The van der Waals surface area contributed by atoms with Crippen LogP contribution in [0.2, 0.25) is 0 Å². The summed E-state index contributed by atoms with van der Waals surface area (Å²) in [5.74, 6) is 1.30. The third kappa shape index (κ3) is 4.53. The summed E-state index contributed by atoms with van der Waals surface area (Å²) in [6.07, 6.45) is 2.90. The fraction of sp³-hybridized carbons (Fsp3) is 0.200. The molecule has 0 fully saturated rings. The van der Waals surface area contributed by atoms with Crippen molar-refractivity contribution in [1.29, 1.82) is 0 Å². The Bertz CT molecular complexity index is 910. The number of nitrogens with one attached hydrogen (secondary N) is 2. The zero-order valence-corrected chi connectivity index (χ0v) is 15.5. The molecular formula is C20H20N2O6. The second-order valence-corrected chi connectivity index (χ2v) is 5.69. The van der Waals surface area contributed by atoms with Gasteiger partial charge in [-0.1, -0.05) is 6.07 Å². The summed E-state index contributed by atoms with van der Waals surface area (Å²) in [5.41, 5.74) is 5.76. The van der Waals surface area contributed by atoms with Crippen LogP contribution in [-0.2, 0) is 4.79 Å². The number of ether oxygens (including phenoxy) is 4. The molecule has 1 aliphatic heterocycles. The van der Waals surface area contributed by atoms with E-state index in [9.17, 15) is 9.59 Å². The summed E-state index contributed by atoms with van der Waals surface area (Å²) in [4.78, 5) is 24.1. The van der Waals surface area contributed by atoms with Crippen LogP contribution in [0.1, 0.15) is 22.8 Å². The van der Waals surface area contributed by atoms with Crippen LogP contribution in [0.4, 0.5) is 0 Å². The largest absolute Gasteiger partial charge is 0.493 e. The number of amides is 2. The van der Waals surface area contributed by atoms with Crippen LogP contribution >= 0.6 is 0 Å². The van der Waals surface area contributed by atoms with Crippen molar-refractivity contribution >= 4 is 17.9 Å². The van der Waals surface area contributed by atoms with Crippen molar-refractivity contribution < 1.29 is 28.5 Å². The predicted octanol–water partition coefficient (Wildman–Crippen LogP) is 2.30. The Balaban J connectivity index is 1.56. The first-order valence-corrected chi connectivity index (χ1v) is 8.59. The molecule has 8 heteroatoms. The van der Waals surface area contributed by atoms with E-state index in [1.165, 1.54) is 19.3 Å². The lowest BCUT2D eigenvalue weighted by atomic mass is 10.2. The van der Waals surface area contributed by atoms with Crippen LogP contribution in [0, 0.1) is 0 Å². The Kier molecular flexibility index (Phi) is 6.01. The molecule has 3 rings (SSSR count). The van der Waals surface area contributed by atoms with E-state index in [0.29, 0.717) is 35.2 Å². The van der Waals surface area contributed by atoms with Gasteiger partial charge in [-0.3, -0.25) is 20.4 Å². The average Bonchev–Trinajstić information content (AvgIpc) is 3.18. The van der Waals surface area contributed by atoms with Gasteiger partial charge in [-0.15, -0.1) is 0 Å². The lowest BCUT2D eigenvalue weighted by Crippen LogP contribution is -2.40. The molecule has 0 aromatic heterocycles. The number of carbonyl (C=O) groups excluding carboxylic acids is 2. The van der Waals surface area contributed by atoms with Crippen LogP contribution in [-0.4, -0.2) is 32.3 Å². The maximum Gasteiger partial charge on any atom is 0.269 e. The SMILES string of the molecule is CCOc1ccc(C(=O)NNC(=O)/C=C/c2ccc3c(c2)OCO3)cc1OC. The van der Waals surface area contributed by atoms with Gasteiger partial charge in [0, 0.05) is 11.6 Å². The summed E-state index contributed by atoms with van der Waals surface area (Å²) in [6.45, 7) is 2.52. The Labute approximate surface area is 162 Å². The van der Waals surface area contributed by atoms with Gasteiger partial charge < -0.3 is 18.9 Å². The standard InChI is InChI=1S/C20H20N2O6/c1-3-26-15-8-6-14(11-17(15)25-2)20(24)22-21-19(23)9-5-13-4-7-16-18(10-13)28-12-27-16/h4-11H,3,12H2,1-2H3,(H,21,23)(H,22,24)/b9-5+. The van der Waals surface area contributed by atoms with E-state index < -0.39 is 11.8 Å². The van der Waals surface area contributed by atoms with Crippen molar-refractivity contribution in [3.63, 3.8) is 0 Å². The maximum absolute atomic E-state index is 12.2. The Morgan fingerprint density at radius 2 is 1.89 bits per heavy atom. The van der Waals surface area contributed by atoms with Gasteiger partial charge in [0.25, 0.3) is 11.8 Å². The molecule has 1 heterocycles. The van der Waals surface area contributed by atoms with Gasteiger partial charge in [0.05, 0.1) is 13.7 Å². The number of carbonyl (C=O) groups is 2. The zero-order chi connectivity index (χ0) is 19.9. The van der Waals surface area contributed by atoms with E-state index in [4.69, 9.17) is 18.9 Å². The molecule has 0 bridgehead atoms. The maximum atomic E-state index is 12.2. The number of hydrogen-bond donors (Lipinski definition) is 2. The second kappa shape index (κ2) is 8.81. The molecule has 146 valence electrons. The predicted molar refractivity (Wildman–Crippen MR) is 101 cm³/mol. The molecule has 0 radical (unpaired) electrons. The molecule has 8 nitrogen and oxygen atoms in total. The van der Waals surface area contributed by atoms with Crippen LogP contribution in [0.3, 0.4) is 0 Å². The van der Waals surface area contributed by atoms with E-state index in [1.807, 2.05) is 6.92 Å². The average molecular weight is 384 g/mol. The third-order valence-electron chi connectivity index (χ3n) is 3.85. The highest BCUT2D eigenvalue weighted by atomic mass is 16.7. The monoisotopic (exact) mass is 384 g/mol. The Hall–Kier alpha value is -3.68. The summed E-state index contributed by atoms with van der Waals surface area (Å²) in [5, 5.41) is 0. The highest BCUT2D eigenvalue weighted by Gasteiger charge is 2.13. The van der Waals surface area contributed by atoms with Gasteiger partial charge in [-0.05, 0) is 48.9 Å². The van der Waals surface area contributed by atoms with Crippen molar-refractivity contribution in [2.75, 3.05) is 20.5 Å². The number of benzene rings is 2. The first-order valence-electron chi connectivity index (χ1n) is 8.59. The molecule has 0 atom stereocenters. The van der Waals surface area contributed by atoms with Crippen LogP contribution in [0.15, 0.2) is 42.5 Å². The number of fused-ring (bicyclic) bond motifs is 1. The Morgan fingerprint density at radius 1 is 1.07 bits per heavy atom. The normalized spacial score (nSPS) is 11.9. The van der Waals surface area contributed by atoms with Crippen LogP contribution < -0.4 is 29.8 Å². The fourth-order valence-electron chi connectivity index (χ4n) is 2.50. The lowest BCUT2D eigenvalue weighted by Gasteiger charge is -2.11. The highest BCUT2D eigenvalue weighted by Crippen LogP contribution is 2.32. The molecule has 2 aromatic rings. The van der Waals surface area contributed by atoms with Gasteiger partial charge in [0.2, 0.25) is 6.79 Å². The fourth-order valence-corrected chi connectivity index (χ4v) is 2.50. The lowest BCUT2D eigenvalue weighted by molar-refractivity contribution is -0.117. The minimum atomic E-state index is -0.482. The topological polar surface area (TPSA) is 95.1 Å². The zero-order valence-electron chi connectivity index (χ0n) is 15.5. The van der Waals surface area contributed by atoms with Gasteiger partial charge in [0.1, 0.15) is 0 Å². The molecule has 1 aliphatic rings. The molecule has 0 saturated carbocycles. The highest BCUT2D eigenvalue weighted by molar-refractivity contribution is 5.98. The van der Waals surface area contributed by atoms with Gasteiger partial charge in [-0.25, -0.2) is 0 Å². The number of rotatable bonds is 6. The Morgan fingerprint density at radius 3 is 2.68 bits per heavy atom. The summed E-state index contributed by atoms with van der Waals surface area (Å²) in [6, 6.07) is 10.1. The molecule has 2 aromatic carbocycles. The molecule has 28 heavy (non-hydrogen) atoms. The number of methoxy groups -OCH3 is 1. The number of hydrazine groups is 1. The summed E-state index contributed by atoms with van der Waals surface area (Å²) in [7, 11) is 1.49. The van der Waals surface area contributed by atoms with E-state index in [-0.39, 0.29) is 6.79 Å². The number of hydrogen-bond acceptors (Lipinski definition) is 6. The molecule has 0 unspecified atom stereocenters. The first kappa shape index (κ1) is 19.1. The van der Waals surface area contributed by atoms with Crippen LogP contribution in [0.5, 0.6) is 23.0 Å². The third-order valence-corrected chi connectivity index (χ3v) is 3.85. The van der Waals surface area contributed by atoms with Crippen molar-refractivity contribution in [3.05, 3.63) is 53.6 Å². The smallest absolute Gasteiger partial charge is 0.269 e. The van der Waals surface area contributed by atoms with E-state index in [1.54, 1.807) is 36.4 Å². The van der Waals surface area contributed by atoms with Crippen molar-refractivity contribution in [2.45, 2.75) is 6.92 Å². The van der Waals surface area contributed by atoms with E-state index in [0.717, 1.165) is 5.56 Å². The minimum Gasteiger partial charge on any atom is -0.493 e. The van der Waals surface area contributed by atoms with Crippen molar-refractivity contribution in [3.8, 4) is 23.0 Å². The van der Waals surface area contributed by atoms with Crippen molar-refractivity contribution in [2.24, 2.45) is 0 Å². The molecular weight excluding hydrogens is 364 g/mol. The quantitative estimate of drug-likeness (QED) is 0.586. The van der Waals surface area contributed by atoms with Gasteiger partial charge >= 0.3 is 0 Å². The molecule has 2 N–H and O–H groups in total. The van der Waals surface area contributed by atoms with E-state index in [2.05, 4.69) is 10.9 Å². The molecule has 0 saturated heterocycles. The molecule has 0 aliphatic carbocycles. The van der Waals surface area contributed by atoms with Gasteiger partial charge in [-0.2, -0.15) is 0 Å². The van der Waals surface area contributed by atoms with Gasteiger partial charge in [0.15, 0.2) is 23.0 Å². The first-order chi connectivity index (χ1) is 13.6. The van der Waals surface area contributed by atoms with Crippen molar-refractivity contribution in [1.82, 2.24) is 10.9 Å². The molecule has 0 spiro atoms. The molecule has 2 amide bonds. The minimum absolute atomic E-state index is 0.186. The second-order valence-electron chi connectivity index (χ2n) is 5.69. The van der Waals surface area contributed by atoms with Crippen LogP contribution in [0.25, 0.3) is 6.08 Å².